The van der Waals surface area contributed by atoms with Gasteiger partial charge in [-0.15, -0.1) is 0 Å². The molecule has 0 saturated heterocycles. The van der Waals surface area contributed by atoms with Gasteiger partial charge in [0.05, 0.1) is 10.5 Å². The van der Waals surface area contributed by atoms with Gasteiger partial charge in [0.2, 0.25) is 9.84 Å². The van der Waals surface area contributed by atoms with Crippen LogP contribution in [0.25, 0.3) is 12.2 Å². The Morgan fingerprint density at radius 3 is 2.29 bits per heavy atom. The zero-order valence-electron chi connectivity index (χ0n) is 15.5. The normalized spacial score (nSPS) is 12.4. The molecule has 28 heavy (non-hydrogen) atoms. The number of sulfone groups is 1. The highest BCUT2D eigenvalue weighted by molar-refractivity contribution is 7.91. The zero-order valence-corrected chi connectivity index (χ0v) is 16.3. The smallest absolute Gasteiger partial charge is 0.224 e. The maximum Gasteiger partial charge on any atom is 0.224 e. The minimum atomic E-state index is -3.90. The number of halogens is 1. The van der Waals surface area contributed by atoms with E-state index in [2.05, 4.69) is 4.98 Å². The van der Waals surface area contributed by atoms with Gasteiger partial charge in [0.25, 0.3) is 0 Å². The van der Waals surface area contributed by atoms with Crippen LogP contribution in [0.4, 0.5) is 4.39 Å². The number of hydrogen-bond donors (Lipinski definition) is 1. The summed E-state index contributed by atoms with van der Waals surface area (Å²) in [5, 5.41) is 10.1. The highest BCUT2D eigenvalue weighted by Crippen LogP contribution is 2.29. The average Bonchev–Trinajstić information content (AvgIpc) is 2.67. The van der Waals surface area contributed by atoms with Crippen LogP contribution in [0.3, 0.4) is 0 Å². The standard InChI is InChI=1S/C22H20FNO3S/c1-22(2,25)19-7-5-15-24-21(19)28(26,27)18-13-10-16(11-14-18)9-12-17-6-3-4-8-20(17)23/h3-15,25H,1-2H3/b12-9+. The molecule has 0 bridgehead atoms. The van der Waals surface area contributed by atoms with Crippen LogP contribution in [-0.4, -0.2) is 18.5 Å². The third-order valence-corrected chi connectivity index (χ3v) is 5.96. The third-order valence-electron chi connectivity index (χ3n) is 4.24. The molecule has 1 aromatic heterocycles. The molecule has 0 aliphatic carbocycles. The van der Waals surface area contributed by atoms with E-state index in [-0.39, 0.29) is 21.3 Å². The Balaban J connectivity index is 1.93. The summed E-state index contributed by atoms with van der Waals surface area (Å²) >= 11 is 0. The Labute approximate surface area is 163 Å². The van der Waals surface area contributed by atoms with E-state index in [1.54, 1.807) is 54.6 Å². The highest BCUT2D eigenvalue weighted by Gasteiger charge is 2.29. The van der Waals surface area contributed by atoms with Crippen molar-refractivity contribution < 1.29 is 17.9 Å². The molecule has 3 rings (SSSR count). The maximum atomic E-state index is 13.7. The van der Waals surface area contributed by atoms with E-state index >= 15 is 0 Å². The Morgan fingerprint density at radius 1 is 0.964 bits per heavy atom. The van der Waals surface area contributed by atoms with Crippen molar-refractivity contribution in [3.8, 4) is 0 Å². The van der Waals surface area contributed by atoms with Crippen molar-refractivity contribution in [1.82, 2.24) is 4.98 Å². The molecule has 0 radical (unpaired) electrons. The van der Waals surface area contributed by atoms with Gasteiger partial charge in [-0.1, -0.05) is 48.6 Å². The monoisotopic (exact) mass is 397 g/mol. The summed E-state index contributed by atoms with van der Waals surface area (Å²) in [6.07, 6.45) is 4.72. The molecule has 4 nitrogen and oxygen atoms in total. The van der Waals surface area contributed by atoms with Gasteiger partial charge in [-0.05, 0) is 43.7 Å². The van der Waals surface area contributed by atoms with Crippen LogP contribution < -0.4 is 0 Å². The minimum absolute atomic E-state index is 0.0692. The molecule has 0 saturated carbocycles. The Hall–Kier alpha value is -2.83. The number of benzene rings is 2. The van der Waals surface area contributed by atoms with Crippen molar-refractivity contribution >= 4 is 22.0 Å². The van der Waals surface area contributed by atoms with Crippen LogP contribution in [0.15, 0.2) is 76.8 Å². The number of rotatable bonds is 5. The van der Waals surface area contributed by atoms with E-state index in [0.29, 0.717) is 5.56 Å². The fourth-order valence-corrected chi connectivity index (χ4v) is 4.26. The van der Waals surface area contributed by atoms with E-state index in [1.807, 2.05) is 0 Å². The summed E-state index contributed by atoms with van der Waals surface area (Å²) in [6, 6.07) is 15.7. The van der Waals surface area contributed by atoms with Gasteiger partial charge in [-0.3, -0.25) is 0 Å². The molecule has 1 heterocycles. The zero-order chi connectivity index (χ0) is 20.4. The van der Waals surface area contributed by atoms with Crippen molar-refractivity contribution in [2.75, 3.05) is 0 Å². The van der Waals surface area contributed by atoms with E-state index in [0.717, 1.165) is 5.56 Å². The molecule has 0 atom stereocenters. The van der Waals surface area contributed by atoms with Crippen LogP contribution in [-0.2, 0) is 15.4 Å². The number of aliphatic hydroxyl groups is 1. The molecule has 0 spiro atoms. The third kappa shape index (κ3) is 4.18. The van der Waals surface area contributed by atoms with Crippen molar-refractivity contribution in [2.24, 2.45) is 0 Å². The molecule has 1 N–H and O–H groups in total. The number of aromatic nitrogens is 1. The molecule has 3 aromatic rings. The summed E-state index contributed by atoms with van der Waals surface area (Å²) in [7, 11) is -3.90. The Bertz CT molecular complexity index is 1120. The van der Waals surface area contributed by atoms with Crippen LogP contribution in [0.1, 0.15) is 30.5 Å². The summed E-state index contributed by atoms with van der Waals surface area (Å²) in [5.74, 6) is -0.327. The second-order valence-corrected chi connectivity index (χ2v) is 8.71. The lowest BCUT2D eigenvalue weighted by Gasteiger charge is -2.20. The largest absolute Gasteiger partial charge is 0.386 e. The molecule has 144 valence electrons. The van der Waals surface area contributed by atoms with E-state index in [1.165, 1.54) is 38.2 Å². The lowest BCUT2D eigenvalue weighted by Crippen LogP contribution is -2.21. The SMILES string of the molecule is CC(C)(O)c1cccnc1S(=O)(=O)c1ccc(/C=C/c2ccccc2F)cc1. The van der Waals surface area contributed by atoms with Gasteiger partial charge in [0, 0.05) is 17.3 Å². The topological polar surface area (TPSA) is 67.3 Å². The summed E-state index contributed by atoms with van der Waals surface area (Å²) in [6.45, 7) is 3.03. The molecule has 2 aromatic carbocycles. The van der Waals surface area contributed by atoms with Crippen molar-refractivity contribution in [3.05, 3.63) is 89.4 Å². The van der Waals surface area contributed by atoms with E-state index < -0.39 is 15.4 Å². The number of nitrogens with zero attached hydrogens (tertiary/aromatic N) is 1. The summed E-state index contributed by atoms with van der Waals surface area (Å²) in [5.41, 5.74) is 0.0611. The Kier molecular flexibility index (Phi) is 5.45. The van der Waals surface area contributed by atoms with Gasteiger partial charge >= 0.3 is 0 Å². The first-order valence-corrected chi connectivity index (χ1v) is 10.1. The van der Waals surface area contributed by atoms with Crippen LogP contribution >= 0.6 is 0 Å². The first kappa shape index (κ1) is 19.9. The van der Waals surface area contributed by atoms with Crippen molar-refractivity contribution in [1.29, 1.82) is 0 Å². The first-order valence-electron chi connectivity index (χ1n) is 8.65. The van der Waals surface area contributed by atoms with Gasteiger partial charge in [-0.2, -0.15) is 0 Å². The second-order valence-electron chi connectivity index (χ2n) is 6.84. The molecule has 0 unspecified atom stereocenters. The molecule has 0 aliphatic rings. The molecule has 0 fully saturated rings. The molecular weight excluding hydrogens is 377 g/mol. The molecule has 6 heteroatoms. The van der Waals surface area contributed by atoms with Crippen LogP contribution in [0, 0.1) is 5.82 Å². The lowest BCUT2D eigenvalue weighted by molar-refractivity contribution is 0.0747. The fourth-order valence-electron chi connectivity index (χ4n) is 2.74. The summed E-state index contributed by atoms with van der Waals surface area (Å²) in [4.78, 5) is 4.07. The molecule has 0 amide bonds. The fraction of sp³-hybridized carbons (Fsp3) is 0.136. The minimum Gasteiger partial charge on any atom is -0.386 e. The van der Waals surface area contributed by atoms with Crippen molar-refractivity contribution in [2.45, 2.75) is 29.4 Å². The quantitative estimate of drug-likeness (QED) is 0.646. The predicted octanol–water partition coefficient (Wildman–Crippen LogP) is 4.45. The van der Waals surface area contributed by atoms with Gasteiger partial charge in [0.15, 0.2) is 5.03 Å². The van der Waals surface area contributed by atoms with Gasteiger partial charge in [0.1, 0.15) is 5.82 Å². The maximum absolute atomic E-state index is 13.7. The molecular formula is C22H20FNO3S. The number of hydrogen-bond acceptors (Lipinski definition) is 4. The van der Waals surface area contributed by atoms with Gasteiger partial charge in [-0.25, -0.2) is 17.8 Å². The first-order chi connectivity index (χ1) is 13.2. The lowest BCUT2D eigenvalue weighted by atomic mass is 10.0. The summed E-state index contributed by atoms with van der Waals surface area (Å²) < 4.78 is 39.7. The molecule has 0 aliphatic heterocycles. The predicted molar refractivity (Wildman–Crippen MR) is 107 cm³/mol. The van der Waals surface area contributed by atoms with E-state index in [4.69, 9.17) is 0 Å². The van der Waals surface area contributed by atoms with Gasteiger partial charge < -0.3 is 5.11 Å². The number of pyridine rings is 1. The van der Waals surface area contributed by atoms with Crippen molar-refractivity contribution in [3.63, 3.8) is 0 Å². The highest BCUT2D eigenvalue weighted by atomic mass is 32.2. The van der Waals surface area contributed by atoms with E-state index in [9.17, 15) is 17.9 Å². The second kappa shape index (κ2) is 7.66. The Morgan fingerprint density at radius 2 is 1.64 bits per heavy atom. The van der Waals surface area contributed by atoms with Crippen LogP contribution in [0.2, 0.25) is 0 Å². The van der Waals surface area contributed by atoms with Crippen LogP contribution in [0.5, 0.6) is 0 Å². The average molecular weight is 397 g/mol.